The zero-order valence-electron chi connectivity index (χ0n) is 27.5. The molecule has 2 heterocycles. The van der Waals surface area contributed by atoms with Gasteiger partial charge in [0, 0.05) is 58.2 Å². The molecule has 1 aromatic heterocycles. The molecule has 0 unspecified atom stereocenters. The number of piperazine rings is 1. The average molecular weight is 656 g/mol. The summed E-state index contributed by atoms with van der Waals surface area (Å²) in [4.78, 5) is 56.5. The Labute approximate surface area is 279 Å². The third-order valence-electron chi connectivity index (χ3n) is 8.62. The molecule has 5 rings (SSSR count). The Bertz CT molecular complexity index is 1780. The summed E-state index contributed by atoms with van der Waals surface area (Å²) in [6.45, 7) is 6.59. The molecule has 1 saturated heterocycles. The van der Waals surface area contributed by atoms with Crippen molar-refractivity contribution >= 4 is 40.1 Å². The van der Waals surface area contributed by atoms with Gasteiger partial charge in [0.25, 0.3) is 5.91 Å². The lowest BCUT2D eigenvalue weighted by Gasteiger charge is -2.34. The molecule has 4 amide bonds. The quantitative estimate of drug-likeness (QED) is 0.215. The number of carbonyl (C=O) groups is 4. The largest absolute Gasteiger partial charge is 0.344 e. The highest BCUT2D eigenvalue weighted by Gasteiger charge is 2.29. The van der Waals surface area contributed by atoms with Crippen LogP contribution >= 0.6 is 0 Å². The van der Waals surface area contributed by atoms with E-state index in [0.29, 0.717) is 30.9 Å². The molecule has 12 heteroatoms. The van der Waals surface area contributed by atoms with E-state index in [4.69, 9.17) is 0 Å². The predicted octanol–water partition coefficient (Wildman–Crippen LogP) is 3.39. The van der Waals surface area contributed by atoms with E-state index in [1.54, 1.807) is 24.0 Å². The normalized spacial score (nSPS) is 14.7. The summed E-state index contributed by atoms with van der Waals surface area (Å²) >= 11 is 0. The van der Waals surface area contributed by atoms with Crippen LogP contribution in [0.15, 0.2) is 72.9 Å². The first-order valence-corrected chi connectivity index (χ1v) is 16.3. The van der Waals surface area contributed by atoms with Crippen molar-refractivity contribution in [2.75, 3.05) is 38.5 Å². The summed E-state index contributed by atoms with van der Waals surface area (Å²) < 4.78 is 17.1. The highest BCUT2D eigenvalue weighted by atomic mass is 19.1. The fraction of sp³-hybridized carbons (Fsp3) is 0.361. The maximum Gasteiger partial charge on any atom is 0.270 e. The smallest absolute Gasteiger partial charge is 0.270 e. The number of anilines is 1. The van der Waals surface area contributed by atoms with Crippen molar-refractivity contribution in [1.82, 2.24) is 30.2 Å². The Hall–Kier alpha value is -5.10. The van der Waals surface area contributed by atoms with Gasteiger partial charge in [0.1, 0.15) is 23.6 Å². The molecule has 0 spiro atoms. The van der Waals surface area contributed by atoms with Crippen molar-refractivity contribution < 1.29 is 23.6 Å². The first-order chi connectivity index (χ1) is 23.1. The van der Waals surface area contributed by atoms with E-state index in [1.807, 2.05) is 56.4 Å². The van der Waals surface area contributed by atoms with Crippen molar-refractivity contribution in [1.29, 1.82) is 0 Å². The second-order valence-electron chi connectivity index (χ2n) is 12.1. The number of nitrogens with one attached hydrogen (secondary N) is 3. The third kappa shape index (κ3) is 8.43. The van der Waals surface area contributed by atoms with Crippen LogP contribution in [0.4, 0.5) is 10.1 Å². The lowest BCUT2D eigenvalue weighted by molar-refractivity contribution is -0.137. The van der Waals surface area contributed by atoms with Gasteiger partial charge in [-0.3, -0.25) is 23.9 Å². The van der Waals surface area contributed by atoms with Gasteiger partial charge in [-0.05, 0) is 54.1 Å². The van der Waals surface area contributed by atoms with Crippen LogP contribution in [-0.4, -0.2) is 88.5 Å². The topological polar surface area (TPSA) is 129 Å². The van der Waals surface area contributed by atoms with E-state index in [0.717, 1.165) is 29.4 Å². The summed E-state index contributed by atoms with van der Waals surface area (Å²) in [5.41, 5.74) is 1.54. The number of hydrogen-bond acceptors (Lipinski definition) is 6. The van der Waals surface area contributed by atoms with E-state index in [-0.39, 0.29) is 36.8 Å². The summed E-state index contributed by atoms with van der Waals surface area (Å²) in [5.74, 6) is -2.25. The monoisotopic (exact) mass is 655 g/mol. The van der Waals surface area contributed by atoms with E-state index >= 15 is 4.39 Å². The maximum absolute atomic E-state index is 15.5. The van der Waals surface area contributed by atoms with Gasteiger partial charge in [0.2, 0.25) is 17.7 Å². The third-order valence-corrected chi connectivity index (χ3v) is 8.62. The predicted molar refractivity (Wildman–Crippen MR) is 182 cm³/mol. The maximum atomic E-state index is 15.5. The van der Waals surface area contributed by atoms with Crippen LogP contribution in [0, 0.1) is 5.82 Å². The molecular formula is C36H42FN7O4. The Morgan fingerprint density at radius 1 is 0.833 bits per heavy atom. The van der Waals surface area contributed by atoms with Crippen molar-refractivity contribution in [2.45, 2.75) is 51.7 Å². The molecule has 252 valence electrons. The Morgan fingerprint density at radius 3 is 2.23 bits per heavy atom. The van der Waals surface area contributed by atoms with E-state index < -0.39 is 29.7 Å². The summed E-state index contributed by atoms with van der Waals surface area (Å²) in [6.07, 6.45) is 1.98. The van der Waals surface area contributed by atoms with Crippen LogP contribution in [0.1, 0.15) is 41.9 Å². The van der Waals surface area contributed by atoms with Gasteiger partial charge in [0.05, 0.1) is 5.69 Å². The first-order valence-electron chi connectivity index (χ1n) is 16.3. The van der Waals surface area contributed by atoms with Gasteiger partial charge in [-0.1, -0.05) is 55.5 Å². The summed E-state index contributed by atoms with van der Waals surface area (Å²) in [7, 11) is 1.99. The number of amides is 4. The molecule has 1 aliphatic rings. The van der Waals surface area contributed by atoms with Crippen LogP contribution in [0.5, 0.6) is 0 Å². The van der Waals surface area contributed by atoms with E-state index in [1.165, 1.54) is 23.0 Å². The molecule has 1 fully saturated rings. The van der Waals surface area contributed by atoms with Gasteiger partial charge >= 0.3 is 0 Å². The Kier molecular flexibility index (Phi) is 11.2. The van der Waals surface area contributed by atoms with Gasteiger partial charge in [0.15, 0.2) is 0 Å². The fourth-order valence-corrected chi connectivity index (χ4v) is 5.81. The summed E-state index contributed by atoms with van der Waals surface area (Å²) in [5, 5.41) is 14.4. The molecule has 2 atom stereocenters. The van der Waals surface area contributed by atoms with Crippen LogP contribution in [0.25, 0.3) is 10.8 Å². The van der Waals surface area contributed by atoms with Gasteiger partial charge in [-0.15, -0.1) is 0 Å². The van der Waals surface area contributed by atoms with Crippen LogP contribution < -0.4 is 16.0 Å². The molecule has 3 N–H and O–H groups in total. The number of likely N-dealkylation sites (N-methyl/N-ethyl adjacent to an activating group) is 1. The van der Waals surface area contributed by atoms with Crippen molar-refractivity contribution in [2.24, 2.45) is 0 Å². The number of rotatable bonds is 12. The number of benzene rings is 3. The molecule has 11 nitrogen and oxygen atoms in total. The summed E-state index contributed by atoms with van der Waals surface area (Å²) in [6, 6.07) is 17.7. The molecular weight excluding hydrogens is 613 g/mol. The highest BCUT2D eigenvalue weighted by molar-refractivity contribution is 6.01. The van der Waals surface area contributed by atoms with Crippen molar-refractivity contribution in [3.8, 4) is 0 Å². The molecule has 0 radical (unpaired) electrons. The second kappa shape index (κ2) is 15.7. The molecule has 0 aliphatic carbocycles. The van der Waals surface area contributed by atoms with E-state index in [2.05, 4.69) is 25.9 Å². The number of halogens is 1. The Morgan fingerprint density at radius 2 is 1.52 bits per heavy atom. The average Bonchev–Trinajstić information content (AvgIpc) is 3.58. The van der Waals surface area contributed by atoms with Crippen molar-refractivity contribution in [3.05, 3.63) is 95.6 Å². The first kappa shape index (κ1) is 34.2. The Balaban J connectivity index is 1.33. The van der Waals surface area contributed by atoms with Crippen LogP contribution in [-0.2, 0) is 33.8 Å². The fourth-order valence-electron chi connectivity index (χ4n) is 5.81. The second-order valence-corrected chi connectivity index (χ2v) is 12.1. The molecule has 48 heavy (non-hydrogen) atoms. The molecule has 3 aromatic carbocycles. The SMILES string of the molecule is CCC(=O)N[C@H](Cc1ccc(NC(=O)[C@H](Cc2ccc3ccccc3c2)NC(=O)c2ccnn2CC)c(F)c1)C(=O)N1CCN(C)CC1. The van der Waals surface area contributed by atoms with Crippen LogP contribution in [0.2, 0.25) is 0 Å². The lowest BCUT2D eigenvalue weighted by atomic mass is 10.0. The minimum Gasteiger partial charge on any atom is -0.344 e. The number of fused-ring (bicyclic) bond motifs is 1. The molecule has 0 bridgehead atoms. The lowest BCUT2D eigenvalue weighted by Crippen LogP contribution is -2.54. The van der Waals surface area contributed by atoms with Gasteiger partial charge < -0.3 is 25.8 Å². The zero-order chi connectivity index (χ0) is 34.2. The standard InChI is InChI=1S/C36H42FN7O4/c1-4-33(45)39-31(36(48)43-18-16-42(3)17-19-43)23-25-11-13-29(28(37)21-25)40-34(46)30(41-35(47)32-14-15-38-44(32)5-2)22-24-10-12-26-8-6-7-9-27(26)20-24/h6-15,20-21,30-31H,4-5,16-19,22-23H2,1-3H3,(H,39,45)(H,40,46)(H,41,47)/t30-,31+/m0/s1. The molecule has 4 aromatic rings. The molecule has 1 aliphatic heterocycles. The van der Waals surface area contributed by atoms with Crippen molar-refractivity contribution in [3.63, 3.8) is 0 Å². The number of aryl methyl sites for hydroxylation is 1. The molecule has 0 saturated carbocycles. The highest BCUT2D eigenvalue weighted by Crippen LogP contribution is 2.20. The minimum absolute atomic E-state index is 0.0698. The van der Waals surface area contributed by atoms with E-state index in [9.17, 15) is 19.2 Å². The van der Waals surface area contributed by atoms with Gasteiger partial charge in [-0.2, -0.15) is 5.10 Å². The number of hydrogen-bond donors (Lipinski definition) is 3. The number of nitrogens with zero attached hydrogens (tertiary/aromatic N) is 4. The zero-order valence-corrected chi connectivity index (χ0v) is 27.5. The number of carbonyl (C=O) groups excluding carboxylic acids is 4. The minimum atomic E-state index is -1.03. The van der Waals surface area contributed by atoms with Crippen LogP contribution in [0.3, 0.4) is 0 Å². The van der Waals surface area contributed by atoms with Gasteiger partial charge in [-0.25, -0.2) is 4.39 Å². The number of aromatic nitrogens is 2.